The summed E-state index contributed by atoms with van der Waals surface area (Å²) in [5, 5.41) is 0. The predicted octanol–water partition coefficient (Wildman–Crippen LogP) is 4.59. The Bertz CT molecular complexity index is 485. The van der Waals surface area contributed by atoms with Crippen LogP contribution in [0.5, 0.6) is 0 Å². The maximum Gasteiger partial charge on any atom is 0.133 e. The van der Waals surface area contributed by atoms with Crippen LogP contribution in [-0.4, -0.2) is 17.3 Å². The Labute approximate surface area is 123 Å². The average Bonchev–Trinajstić information content (AvgIpc) is 2.94. The van der Waals surface area contributed by atoms with Crippen LogP contribution >= 0.6 is 23.5 Å². The summed E-state index contributed by atoms with van der Waals surface area (Å²) >= 11 is 3.94. The first-order valence-electron chi connectivity index (χ1n) is 6.91. The molecule has 1 atom stereocenters. The van der Waals surface area contributed by atoms with Crippen LogP contribution < -0.4 is 0 Å². The third kappa shape index (κ3) is 3.09. The second-order valence-corrected chi connectivity index (χ2v) is 7.56. The number of benzene rings is 1. The summed E-state index contributed by atoms with van der Waals surface area (Å²) in [5.74, 6) is 3.29. The van der Waals surface area contributed by atoms with Crippen LogP contribution in [0.1, 0.15) is 31.2 Å². The molecule has 1 aliphatic carbocycles. The van der Waals surface area contributed by atoms with Gasteiger partial charge in [0.1, 0.15) is 5.78 Å². The molecule has 2 aliphatic rings. The molecule has 1 aromatic carbocycles. The summed E-state index contributed by atoms with van der Waals surface area (Å²) in [6.07, 6.45) is 3.76. The van der Waals surface area contributed by atoms with E-state index in [9.17, 15) is 4.79 Å². The van der Waals surface area contributed by atoms with E-state index in [-0.39, 0.29) is 0 Å². The Morgan fingerprint density at radius 1 is 1.11 bits per heavy atom. The number of carbonyl (C=O) groups excluding carboxylic acids is 1. The molecule has 1 heterocycles. The maximum atomic E-state index is 11.8. The molecule has 0 N–H and O–H groups in total. The summed E-state index contributed by atoms with van der Waals surface area (Å²) in [5.41, 5.74) is 2.76. The average molecular weight is 290 g/mol. The monoisotopic (exact) mass is 290 g/mol. The fourth-order valence-electron chi connectivity index (χ4n) is 2.87. The molecular weight excluding hydrogens is 272 g/mol. The zero-order valence-corrected chi connectivity index (χ0v) is 12.6. The van der Waals surface area contributed by atoms with Crippen LogP contribution in [0.4, 0.5) is 0 Å². The second-order valence-electron chi connectivity index (χ2n) is 5.10. The zero-order valence-electron chi connectivity index (χ0n) is 10.9. The number of ketones is 1. The highest BCUT2D eigenvalue weighted by Crippen LogP contribution is 2.47. The van der Waals surface area contributed by atoms with E-state index in [1.54, 1.807) is 0 Å². The fourth-order valence-corrected chi connectivity index (χ4v) is 5.63. The van der Waals surface area contributed by atoms with E-state index in [0.717, 1.165) is 19.3 Å². The van der Waals surface area contributed by atoms with Crippen molar-refractivity contribution in [3.05, 3.63) is 40.1 Å². The number of hydrogen-bond acceptors (Lipinski definition) is 3. The van der Waals surface area contributed by atoms with Gasteiger partial charge in [0.15, 0.2) is 0 Å². The van der Waals surface area contributed by atoms with Crippen LogP contribution in [-0.2, 0) is 4.79 Å². The third-order valence-corrected chi connectivity index (χ3v) is 6.49. The number of hydrogen-bond donors (Lipinski definition) is 0. The van der Waals surface area contributed by atoms with Crippen molar-refractivity contribution in [1.82, 2.24) is 0 Å². The van der Waals surface area contributed by atoms with E-state index in [1.807, 2.05) is 23.5 Å². The van der Waals surface area contributed by atoms with Crippen molar-refractivity contribution < 1.29 is 4.79 Å². The molecule has 1 saturated heterocycles. The first kappa shape index (κ1) is 13.3. The lowest BCUT2D eigenvalue weighted by Gasteiger charge is -2.25. The molecule has 0 bridgehead atoms. The SMILES string of the molecule is O=C1CCCC(C(=C2SCCS2)c2ccccc2)C1. The normalized spacial score (nSPS) is 23.7. The van der Waals surface area contributed by atoms with Crippen molar-refractivity contribution in [2.24, 2.45) is 5.92 Å². The Morgan fingerprint density at radius 3 is 2.53 bits per heavy atom. The fraction of sp³-hybridized carbons (Fsp3) is 0.438. The Hall–Kier alpha value is -0.670. The van der Waals surface area contributed by atoms with E-state index in [1.165, 1.54) is 33.3 Å². The second kappa shape index (κ2) is 6.19. The lowest BCUT2D eigenvalue weighted by Crippen LogP contribution is -2.16. The molecular formula is C16H18OS2. The van der Waals surface area contributed by atoms with Crippen LogP contribution in [0.25, 0.3) is 5.57 Å². The molecule has 1 saturated carbocycles. The number of carbonyl (C=O) groups is 1. The largest absolute Gasteiger partial charge is 0.300 e. The standard InChI is InChI=1S/C16H18OS2/c17-14-8-4-7-13(11-14)15(16-18-9-10-19-16)12-5-2-1-3-6-12/h1-3,5-6,13H,4,7-11H2. The highest BCUT2D eigenvalue weighted by atomic mass is 32.2. The summed E-state index contributed by atoms with van der Waals surface area (Å²) in [6, 6.07) is 10.7. The van der Waals surface area contributed by atoms with Crippen molar-refractivity contribution in [3.63, 3.8) is 0 Å². The first-order valence-corrected chi connectivity index (χ1v) is 8.88. The minimum atomic E-state index is 0.441. The van der Waals surface area contributed by atoms with E-state index >= 15 is 0 Å². The van der Waals surface area contributed by atoms with Gasteiger partial charge in [0.25, 0.3) is 0 Å². The Morgan fingerprint density at radius 2 is 1.84 bits per heavy atom. The van der Waals surface area contributed by atoms with Gasteiger partial charge in [-0.15, -0.1) is 23.5 Å². The van der Waals surface area contributed by atoms with E-state index in [4.69, 9.17) is 0 Å². The van der Waals surface area contributed by atoms with Gasteiger partial charge in [0.05, 0.1) is 0 Å². The number of Topliss-reactive ketones (excluding diaryl/α,β-unsaturated/α-hetero) is 1. The van der Waals surface area contributed by atoms with Gasteiger partial charge >= 0.3 is 0 Å². The van der Waals surface area contributed by atoms with Crippen molar-refractivity contribution in [2.75, 3.05) is 11.5 Å². The quantitative estimate of drug-likeness (QED) is 0.792. The van der Waals surface area contributed by atoms with E-state index in [0.29, 0.717) is 11.7 Å². The number of allylic oxidation sites excluding steroid dienone is 1. The summed E-state index contributed by atoms with van der Waals surface area (Å²) in [4.78, 5) is 11.8. The first-order chi connectivity index (χ1) is 9.34. The maximum absolute atomic E-state index is 11.8. The smallest absolute Gasteiger partial charge is 0.133 e. The lowest BCUT2D eigenvalue weighted by molar-refractivity contribution is -0.120. The van der Waals surface area contributed by atoms with Gasteiger partial charge in [-0.3, -0.25) is 4.79 Å². The number of thioether (sulfide) groups is 2. The van der Waals surface area contributed by atoms with Crippen molar-refractivity contribution >= 4 is 34.9 Å². The molecule has 0 radical (unpaired) electrons. The van der Waals surface area contributed by atoms with Gasteiger partial charge in [0.2, 0.25) is 0 Å². The predicted molar refractivity (Wildman–Crippen MR) is 85.2 cm³/mol. The zero-order chi connectivity index (χ0) is 13.1. The minimum Gasteiger partial charge on any atom is -0.300 e. The van der Waals surface area contributed by atoms with Gasteiger partial charge in [-0.05, 0) is 29.9 Å². The van der Waals surface area contributed by atoms with Gasteiger partial charge in [0, 0.05) is 28.6 Å². The highest BCUT2D eigenvalue weighted by Gasteiger charge is 2.27. The van der Waals surface area contributed by atoms with Crippen LogP contribution in [0.3, 0.4) is 0 Å². The van der Waals surface area contributed by atoms with Crippen LogP contribution in [0.15, 0.2) is 34.6 Å². The Balaban J connectivity index is 1.97. The van der Waals surface area contributed by atoms with Crippen LogP contribution in [0.2, 0.25) is 0 Å². The Kier molecular flexibility index (Phi) is 4.34. The summed E-state index contributed by atoms with van der Waals surface area (Å²) in [6.45, 7) is 0. The lowest BCUT2D eigenvalue weighted by atomic mass is 9.81. The van der Waals surface area contributed by atoms with Crippen molar-refractivity contribution in [3.8, 4) is 0 Å². The molecule has 1 aliphatic heterocycles. The minimum absolute atomic E-state index is 0.441. The molecule has 0 amide bonds. The summed E-state index contributed by atoms with van der Waals surface area (Å²) in [7, 11) is 0. The molecule has 2 fully saturated rings. The molecule has 100 valence electrons. The number of rotatable bonds is 2. The molecule has 0 aromatic heterocycles. The molecule has 1 nitrogen and oxygen atoms in total. The molecule has 1 aromatic rings. The molecule has 19 heavy (non-hydrogen) atoms. The summed E-state index contributed by atoms with van der Waals surface area (Å²) < 4.78 is 1.46. The van der Waals surface area contributed by atoms with Gasteiger partial charge < -0.3 is 0 Å². The van der Waals surface area contributed by atoms with Gasteiger partial charge in [-0.2, -0.15) is 0 Å². The van der Waals surface area contributed by atoms with Gasteiger partial charge in [-0.25, -0.2) is 0 Å². The molecule has 1 unspecified atom stereocenters. The highest BCUT2D eigenvalue weighted by molar-refractivity contribution is 8.25. The third-order valence-electron chi connectivity index (χ3n) is 3.74. The van der Waals surface area contributed by atoms with Crippen molar-refractivity contribution in [2.45, 2.75) is 25.7 Å². The topological polar surface area (TPSA) is 17.1 Å². The van der Waals surface area contributed by atoms with Crippen molar-refractivity contribution in [1.29, 1.82) is 0 Å². The van der Waals surface area contributed by atoms with Gasteiger partial charge in [-0.1, -0.05) is 30.3 Å². The molecule has 3 heteroatoms. The van der Waals surface area contributed by atoms with Crippen LogP contribution in [0, 0.1) is 5.92 Å². The molecule has 3 rings (SSSR count). The van der Waals surface area contributed by atoms with E-state index in [2.05, 4.69) is 30.3 Å². The molecule has 0 spiro atoms. The van der Waals surface area contributed by atoms with E-state index < -0.39 is 0 Å².